The first-order valence-corrected chi connectivity index (χ1v) is 6.76. The van der Waals surface area contributed by atoms with Gasteiger partial charge >= 0.3 is 5.97 Å². The number of amides is 1. The summed E-state index contributed by atoms with van der Waals surface area (Å²) in [6, 6.07) is 7.38. The number of benzene rings is 1. The lowest BCUT2D eigenvalue weighted by Crippen LogP contribution is -2.40. The maximum Gasteiger partial charge on any atom is 0.323 e. The Morgan fingerprint density at radius 3 is 2.50 bits per heavy atom. The molecule has 5 heteroatoms. The van der Waals surface area contributed by atoms with Gasteiger partial charge in [0, 0.05) is 12.2 Å². The van der Waals surface area contributed by atoms with Crippen molar-refractivity contribution in [3.63, 3.8) is 0 Å². The summed E-state index contributed by atoms with van der Waals surface area (Å²) in [5, 5.41) is 9.04. The molecule has 1 fully saturated rings. The lowest BCUT2D eigenvalue weighted by molar-refractivity contribution is -0.137. The molecule has 1 saturated heterocycles. The van der Waals surface area contributed by atoms with E-state index in [0.29, 0.717) is 12.2 Å². The molecule has 1 heterocycles. The number of aliphatic carboxylic acids is 1. The van der Waals surface area contributed by atoms with E-state index in [1.54, 1.807) is 12.1 Å². The maximum absolute atomic E-state index is 12.5. The standard InChI is InChI=1S/C15H20N2O3/c1-11-3-5-13(6-4-11)17(10-14(18)19)15(20)12-7-8-16(2)9-12/h3-6,12H,7-10H2,1-2H3,(H,18,19). The molecular weight excluding hydrogens is 256 g/mol. The minimum Gasteiger partial charge on any atom is -0.480 e. The summed E-state index contributed by atoms with van der Waals surface area (Å²) >= 11 is 0. The predicted molar refractivity (Wildman–Crippen MR) is 76.8 cm³/mol. The van der Waals surface area contributed by atoms with E-state index in [9.17, 15) is 9.59 Å². The molecule has 108 valence electrons. The van der Waals surface area contributed by atoms with Crippen molar-refractivity contribution in [1.29, 1.82) is 0 Å². The van der Waals surface area contributed by atoms with Crippen LogP contribution in [0.15, 0.2) is 24.3 Å². The Balaban J connectivity index is 2.20. The summed E-state index contributed by atoms with van der Waals surface area (Å²) in [4.78, 5) is 27.1. The predicted octanol–water partition coefficient (Wildman–Crippen LogP) is 1.36. The molecule has 2 rings (SSSR count). The van der Waals surface area contributed by atoms with Crippen LogP contribution in [0, 0.1) is 12.8 Å². The number of hydrogen-bond acceptors (Lipinski definition) is 3. The molecule has 1 aromatic rings. The molecule has 5 nitrogen and oxygen atoms in total. The van der Waals surface area contributed by atoms with Gasteiger partial charge in [-0.3, -0.25) is 9.59 Å². The van der Waals surface area contributed by atoms with Crippen LogP contribution < -0.4 is 4.90 Å². The first kappa shape index (κ1) is 14.5. The van der Waals surface area contributed by atoms with Crippen LogP contribution in [0.1, 0.15) is 12.0 Å². The Kier molecular flexibility index (Phi) is 4.39. The number of carbonyl (C=O) groups excluding carboxylic acids is 1. The number of aryl methyl sites for hydroxylation is 1. The molecule has 1 aliphatic rings. The first-order valence-electron chi connectivity index (χ1n) is 6.76. The van der Waals surface area contributed by atoms with Gasteiger partial charge in [0.05, 0.1) is 5.92 Å². The molecule has 1 amide bonds. The second-order valence-corrected chi connectivity index (χ2v) is 5.40. The highest BCUT2D eigenvalue weighted by Crippen LogP contribution is 2.22. The van der Waals surface area contributed by atoms with E-state index in [2.05, 4.69) is 4.90 Å². The zero-order valence-corrected chi connectivity index (χ0v) is 11.9. The van der Waals surface area contributed by atoms with Crippen LogP contribution in [0.25, 0.3) is 0 Å². The van der Waals surface area contributed by atoms with Crippen molar-refractivity contribution in [3.8, 4) is 0 Å². The normalized spacial score (nSPS) is 19.0. The van der Waals surface area contributed by atoms with Gasteiger partial charge in [-0.25, -0.2) is 0 Å². The molecule has 1 atom stereocenters. The van der Waals surface area contributed by atoms with Crippen molar-refractivity contribution in [2.75, 3.05) is 31.6 Å². The van der Waals surface area contributed by atoms with Gasteiger partial charge in [0.25, 0.3) is 0 Å². The molecule has 1 aliphatic heterocycles. The molecule has 0 aliphatic carbocycles. The van der Waals surface area contributed by atoms with Gasteiger partial charge in [-0.2, -0.15) is 0 Å². The molecule has 20 heavy (non-hydrogen) atoms. The number of hydrogen-bond donors (Lipinski definition) is 1. The number of nitrogens with zero attached hydrogens (tertiary/aromatic N) is 2. The molecule has 1 aromatic carbocycles. The zero-order chi connectivity index (χ0) is 14.7. The second-order valence-electron chi connectivity index (χ2n) is 5.40. The monoisotopic (exact) mass is 276 g/mol. The third kappa shape index (κ3) is 3.36. The van der Waals surface area contributed by atoms with Gasteiger partial charge in [-0.05, 0) is 39.1 Å². The van der Waals surface area contributed by atoms with E-state index < -0.39 is 5.97 Å². The van der Waals surface area contributed by atoms with Crippen LogP contribution in [-0.2, 0) is 9.59 Å². The van der Waals surface area contributed by atoms with Gasteiger partial charge in [0.2, 0.25) is 5.91 Å². The number of carboxylic acid groups (broad SMARTS) is 1. The summed E-state index contributed by atoms with van der Waals surface area (Å²) in [6.45, 7) is 3.24. The van der Waals surface area contributed by atoms with Crippen LogP contribution in [0.4, 0.5) is 5.69 Å². The van der Waals surface area contributed by atoms with Crippen molar-refractivity contribution < 1.29 is 14.7 Å². The van der Waals surface area contributed by atoms with E-state index >= 15 is 0 Å². The van der Waals surface area contributed by atoms with Crippen LogP contribution in [0.5, 0.6) is 0 Å². The number of carbonyl (C=O) groups is 2. The van der Waals surface area contributed by atoms with E-state index in [1.807, 2.05) is 26.1 Å². The van der Waals surface area contributed by atoms with Crippen LogP contribution in [0.2, 0.25) is 0 Å². The SMILES string of the molecule is Cc1ccc(N(CC(=O)O)C(=O)C2CCN(C)C2)cc1. The van der Waals surface area contributed by atoms with E-state index in [4.69, 9.17) is 5.11 Å². The van der Waals surface area contributed by atoms with Gasteiger partial charge < -0.3 is 14.9 Å². The van der Waals surface area contributed by atoms with Crippen molar-refractivity contribution in [2.45, 2.75) is 13.3 Å². The molecule has 1 unspecified atom stereocenters. The van der Waals surface area contributed by atoms with Crippen LogP contribution in [-0.4, -0.2) is 48.6 Å². The molecule has 0 saturated carbocycles. The number of anilines is 1. The van der Waals surface area contributed by atoms with Crippen molar-refractivity contribution in [3.05, 3.63) is 29.8 Å². The molecule has 0 bridgehead atoms. The molecule has 1 N–H and O–H groups in total. The van der Waals surface area contributed by atoms with E-state index in [0.717, 1.165) is 18.5 Å². The molecule has 0 aromatic heterocycles. The van der Waals surface area contributed by atoms with Crippen LogP contribution in [0.3, 0.4) is 0 Å². The largest absolute Gasteiger partial charge is 0.480 e. The molecular formula is C15H20N2O3. The number of rotatable bonds is 4. The highest BCUT2D eigenvalue weighted by Gasteiger charge is 2.31. The fourth-order valence-corrected chi connectivity index (χ4v) is 2.51. The number of likely N-dealkylation sites (tertiary alicyclic amines) is 1. The van der Waals surface area contributed by atoms with E-state index in [1.165, 1.54) is 4.90 Å². The summed E-state index contributed by atoms with van der Waals surface area (Å²) in [7, 11) is 1.97. The average Bonchev–Trinajstić information content (AvgIpc) is 2.83. The fourth-order valence-electron chi connectivity index (χ4n) is 2.51. The Bertz CT molecular complexity index is 498. The Hall–Kier alpha value is -1.88. The first-order chi connectivity index (χ1) is 9.47. The smallest absolute Gasteiger partial charge is 0.323 e. The van der Waals surface area contributed by atoms with Crippen molar-refractivity contribution in [2.24, 2.45) is 5.92 Å². The van der Waals surface area contributed by atoms with Gasteiger partial charge in [0.1, 0.15) is 6.54 Å². The summed E-state index contributed by atoms with van der Waals surface area (Å²) < 4.78 is 0. The quantitative estimate of drug-likeness (QED) is 0.902. The van der Waals surface area contributed by atoms with Crippen LogP contribution >= 0.6 is 0 Å². The summed E-state index contributed by atoms with van der Waals surface area (Å²) in [6.07, 6.45) is 0.789. The third-order valence-electron chi connectivity index (χ3n) is 3.65. The summed E-state index contributed by atoms with van der Waals surface area (Å²) in [5.41, 5.74) is 1.73. The Labute approximate surface area is 118 Å². The third-order valence-corrected chi connectivity index (χ3v) is 3.65. The minimum atomic E-state index is -0.995. The van der Waals surface area contributed by atoms with E-state index in [-0.39, 0.29) is 18.4 Å². The Morgan fingerprint density at radius 2 is 2.00 bits per heavy atom. The maximum atomic E-state index is 12.5. The van der Waals surface area contributed by atoms with Gasteiger partial charge in [0.15, 0.2) is 0 Å². The minimum absolute atomic E-state index is 0.0967. The molecule has 0 spiro atoms. The molecule has 0 radical (unpaired) electrons. The highest BCUT2D eigenvalue weighted by molar-refractivity contribution is 5.99. The van der Waals surface area contributed by atoms with Gasteiger partial charge in [-0.15, -0.1) is 0 Å². The lowest BCUT2D eigenvalue weighted by atomic mass is 10.1. The van der Waals surface area contributed by atoms with Crippen molar-refractivity contribution >= 4 is 17.6 Å². The fraction of sp³-hybridized carbons (Fsp3) is 0.467. The van der Waals surface area contributed by atoms with Crippen molar-refractivity contribution in [1.82, 2.24) is 4.90 Å². The summed E-state index contributed by atoms with van der Waals surface area (Å²) in [5.74, 6) is -1.20. The Morgan fingerprint density at radius 1 is 1.35 bits per heavy atom. The topological polar surface area (TPSA) is 60.9 Å². The number of carboxylic acids is 1. The lowest BCUT2D eigenvalue weighted by Gasteiger charge is -2.24. The second kappa shape index (κ2) is 6.05. The van der Waals surface area contributed by atoms with Gasteiger partial charge in [-0.1, -0.05) is 17.7 Å². The zero-order valence-electron chi connectivity index (χ0n) is 11.9. The highest BCUT2D eigenvalue weighted by atomic mass is 16.4. The average molecular weight is 276 g/mol.